The highest BCUT2D eigenvalue weighted by Crippen LogP contribution is 2.24. The third-order valence-corrected chi connectivity index (χ3v) is 4.46. The van der Waals surface area contributed by atoms with Gasteiger partial charge in [-0.05, 0) is 51.0 Å². The van der Waals surface area contributed by atoms with Crippen LogP contribution in [-0.4, -0.2) is 15.5 Å². The van der Waals surface area contributed by atoms with Gasteiger partial charge in [0.05, 0.1) is 5.39 Å². The molecule has 0 saturated heterocycles. The smallest absolute Gasteiger partial charge is 0.251 e. The van der Waals surface area contributed by atoms with Crippen molar-refractivity contribution in [2.24, 2.45) is 0 Å². The monoisotopic (exact) mass is 323 g/mol. The lowest BCUT2D eigenvalue weighted by Crippen LogP contribution is -2.18. The minimum Gasteiger partial charge on any atom is -0.332 e. The van der Waals surface area contributed by atoms with Crippen molar-refractivity contribution in [3.05, 3.63) is 56.7 Å². The van der Waals surface area contributed by atoms with E-state index in [1.54, 1.807) is 6.08 Å². The summed E-state index contributed by atoms with van der Waals surface area (Å²) in [4.78, 5) is 29.3. The molecule has 0 radical (unpaired) electrons. The molecule has 3 rings (SSSR count). The highest BCUT2D eigenvalue weighted by atomic mass is 16.2. The SMILES string of the molecule is CCC1=C(C)/C(=C/c2cn(CC)c3nc(C)ccc3c2=O)NC1=O. The third kappa shape index (κ3) is 2.56. The maximum atomic E-state index is 12.8. The summed E-state index contributed by atoms with van der Waals surface area (Å²) in [5.41, 5.74) is 4.45. The van der Waals surface area contributed by atoms with Crippen LogP contribution in [0.5, 0.6) is 0 Å². The van der Waals surface area contributed by atoms with Crippen LogP contribution >= 0.6 is 0 Å². The fourth-order valence-corrected chi connectivity index (χ4v) is 3.08. The van der Waals surface area contributed by atoms with Gasteiger partial charge in [-0.3, -0.25) is 9.59 Å². The van der Waals surface area contributed by atoms with E-state index in [1.165, 1.54) is 0 Å². The van der Waals surface area contributed by atoms with E-state index in [0.29, 0.717) is 35.3 Å². The number of hydrogen-bond donors (Lipinski definition) is 1. The molecule has 0 saturated carbocycles. The first-order chi connectivity index (χ1) is 11.5. The molecule has 2 aromatic rings. The molecule has 124 valence electrons. The lowest BCUT2D eigenvalue weighted by atomic mass is 10.1. The summed E-state index contributed by atoms with van der Waals surface area (Å²) in [5.74, 6) is -0.0739. The van der Waals surface area contributed by atoms with Crippen LogP contribution in [0.1, 0.15) is 38.4 Å². The first-order valence-corrected chi connectivity index (χ1v) is 8.20. The summed E-state index contributed by atoms with van der Waals surface area (Å²) in [7, 11) is 0. The second-order valence-corrected chi connectivity index (χ2v) is 5.99. The van der Waals surface area contributed by atoms with Crippen LogP contribution in [0.3, 0.4) is 0 Å². The number of nitrogens with zero attached hydrogens (tertiary/aromatic N) is 2. The Hall–Kier alpha value is -2.69. The molecule has 24 heavy (non-hydrogen) atoms. The molecule has 0 spiro atoms. The van der Waals surface area contributed by atoms with E-state index >= 15 is 0 Å². The molecule has 1 amide bonds. The fourth-order valence-electron chi connectivity index (χ4n) is 3.08. The Kier molecular flexibility index (Phi) is 4.09. The zero-order chi connectivity index (χ0) is 17.4. The van der Waals surface area contributed by atoms with Crippen molar-refractivity contribution in [2.75, 3.05) is 0 Å². The van der Waals surface area contributed by atoms with Gasteiger partial charge in [-0.2, -0.15) is 0 Å². The largest absolute Gasteiger partial charge is 0.332 e. The number of amides is 1. The van der Waals surface area contributed by atoms with Crippen molar-refractivity contribution >= 4 is 23.0 Å². The first kappa shape index (κ1) is 16.2. The van der Waals surface area contributed by atoms with Gasteiger partial charge in [0.2, 0.25) is 0 Å². The van der Waals surface area contributed by atoms with E-state index in [2.05, 4.69) is 10.3 Å². The number of carbonyl (C=O) groups excluding carboxylic acids is 1. The maximum Gasteiger partial charge on any atom is 0.251 e. The molecule has 1 aliphatic heterocycles. The minimum atomic E-state index is -0.0739. The van der Waals surface area contributed by atoms with E-state index < -0.39 is 0 Å². The number of nitrogens with one attached hydrogen (secondary N) is 1. The normalized spacial score (nSPS) is 16.3. The van der Waals surface area contributed by atoms with Crippen LogP contribution in [-0.2, 0) is 11.3 Å². The quantitative estimate of drug-likeness (QED) is 0.944. The molecule has 0 atom stereocenters. The van der Waals surface area contributed by atoms with E-state index in [9.17, 15) is 9.59 Å². The summed E-state index contributed by atoms with van der Waals surface area (Å²) in [5, 5.41) is 3.46. The first-order valence-electron chi connectivity index (χ1n) is 8.20. The Morgan fingerprint density at radius 3 is 2.58 bits per heavy atom. The predicted octanol–water partition coefficient (Wildman–Crippen LogP) is 2.92. The molecule has 0 fully saturated rings. The van der Waals surface area contributed by atoms with Gasteiger partial charge in [-0.1, -0.05) is 6.92 Å². The molecule has 0 aromatic carbocycles. The van der Waals surface area contributed by atoms with Gasteiger partial charge in [0.15, 0.2) is 5.43 Å². The molecule has 5 heteroatoms. The van der Waals surface area contributed by atoms with Gasteiger partial charge in [0.1, 0.15) is 5.65 Å². The van der Waals surface area contributed by atoms with Crippen molar-refractivity contribution < 1.29 is 4.79 Å². The van der Waals surface area contributed by atoms with Gasteiger partial charge < -0.3 is 9.88 Å². The van der Waals surface area contributed by atoms with E-state index in [0.717, 1.165) is 16.8 Å². The Morgan fingerprint density at radius 1 is 1.21 bits per heavy atom. The molecule has 1 N–H and O–H groups in total. The molecule has 2 aromatic heterocycles. The highest BCUT2D eigenvalue weighted by Gasteiger charge is 2.22. The average molecular weight is 323 g/mol. The topological polar surface area (TPSA) is 64.0 Å². The standard InChI is InChI=1S/C19H21N3O2/c1-5-14-12(4)16(21-19(14)24)9-13-10-22(6-2)18-15(17(13)23)8-7-11(3)20-18/h7-10H,5-6H2,1-4H3,(H,21,24)/b16-9-. The van der Waals surface area contributed by atoms with Gasteiger partial charge in [-0.15, -0.1) is 0 Å². The molecule has 3 heterocycles. The predicted molar refractivity (Wildman–Crippen MR) is 95.5 cm³/mol. The third-order valence-electron chi connectivity index (χ3n) is 4.46. The summed E-state index contributed by atoms with van der Waals surface area (Å²) in [6.45, 7) is 8.50. The van der Waals surface area contributed by atoms with Crippen LogP contribution < -0.4 is 10.7 Å². The molecule has 0 unspecified atom stereocenters. The number of hydrogen-bond acceptors (Lipinski definition) is 3. The molecular formula is C19H21N3O2. The van der Waals surface area contributed by atoms with Crippen LogP contribution in [0.4, 0.5) is 0 Å². The van der Waals surface area contributed by atoms with Crippen LogP contribution in [0.15, 0.2) is 40.0 Å². The summed E-state index contributed by atoms with van der Waals surface area (Å²) >= 11 is 0. The molecule has 0 aliphatic carbocycles. The summed E-state index contributed by atoms with van der Waals surface area (Å²) < 4.78 is 1.96. The number of rotatable bonds is 3. The number of carbonyl (C=O) groups is 1. The van der Waals surface area contributed by atoms with Crippen LogP contribution in [0.25, 0.3) is 17.1 Å². The number of pyridine rings is 2. The lowest BCUT2D eigenvalue weighted by molar-refractivity contribution is -0.116. The number of allylic oxidation sites excluding steroid dienone is 1. The second kappa shape index (κ2) is 6.07. The Labute approximate surface area is 140 Å². The van der Waals surface area contributed by atoms with E-state index in [1.807, 2.05) is 50.6 Å². The number of fused-ring (bicyclic) bond motifs is 1. The van der Waals surface area contributed by atoms with Crippen molar-refractivity contribution in [2.45, 2.75) is 40.7 Å². The van der Waals surface area contributed by atoms with E-state index in [4.69, 9.17) is 0 Å². The van der Waals surface area contributed by atoms with Crippen molar-refractivity contribution in [3.8, 4) is 0 Å². The van der Waals surface area contributed by atoms with Crippen molar-refractivity contribution in [1.82, 2.24) is 14.9 Å². The van der Waals surface area contributed by atoms with Crippen LogP contribution in [0.2, 0.25) is 0 Å². The Morgan fingerprint density at radius 2 is 1.96 bits per heavy atom. The minimum absolute atomic E-state index is 0.0679. The molecule has 5 nitrogen and oxygen atoms in total. The summed E-state index contributed by atoms with van der Waals surface area (Å²) in [6.07, 6.45) is 4.26. The zero-order valence-electron chi connectivity index (χ0n) is 14.4. The lowest BCUT2D eigenvalue weighted by Gasteiger charge is -2.10. The van der Waals surface area contributed by atoms with Gasteiger partial charge in [0, 0.05) is 35.3 Å². The molecule has 0 bridgehead atoms. The summed E-state index contributed by atoms with van der Waals surface area (Å²) in [6, 6.07) is 3.67. The number of aromatic nitrogens is 2. The van der Waals surface area contributed by atoms with Gasteiger partial charge in [-0.25, -0.2) is 4.98 Å². The fraction of sp³-hybridized carbons (Fsp3) is 0.316. The maximum absolute atomic E-state index is 12.8. The Bertz CT molecular complexity index is 964. The van der Waals surface area contributed by atoms with Crippen molar-refractivity contribution in [3.63, 3.8) is 0 Å². The molecule has 1 aliphatic rings. The van der Waals surface area contributed by atoms with Crippen LogP contribution in [0, 0.1) is 6.92 Å². The van der Waals surface area contributed by atoms with Crippen molar-refractivity contribution in [1.29, 1.82) is 0 Å². The Balaban J connectivity index is 2.22. The number of aryl methyl sites for hydroxylation is 2. The highest BCUT2D eigenvalue weighted by molar-refractivity contribution is 6.01. The second-order valence-electron chi connectivity index (χ2n) is 5.99. The van der Waals surface area contributed by atoms with Gasteiger partial charge in [0.25, 0.3) is 5.91 Å². The van der Waals surface area contributed by atoms with E-state index in [-0.39, 0.29) is 11.3 Å². The average Bonchev–Trinajstić information content (AvgIpc) is 2.83. The zero-order valence-corrected chi connectivity index (χ0v) is 14.4. The molecular weight excluding hydrogens is 302 g/mol. The van der Waals surface area contributed by atoms with Gasteiger partial charge >= 0.3 is 0 Å².